The largest absolute Gasteiger partial charge is 0.369 e. The molecule has 1 aromatic rings. The minimum absolute atomic E-state index is 0.0348. The van der Waals surface area contributed by atoms with Crippen LogP contribution in [0.15, 0.2) is 35.2 Å². The lowest BCUT2D eigenvalue weighted by Gasteiger charge is -2.45. The van der Waals surface area contributed by atoms with Crippen molar-refractivity contribution in [3.63, 3.8) is 0 Å². The Morgan fingerprint density at radius 1 is 1.26 bits per heavy atom. The standard InChI is InChI=1S/C23H31NO6S/c1-22(2)16-9-10-23(22)14-31(27)18(13-21(28-3)29-4)12-19(30-20(23)11-16)15-5-7-17(8-6-15)24(25)26/h5-8,13,16,19-21H,9-12,14H2,1-4H3/b18-13+/t16-,19-,20-,23-,31?/m1/s1. The molecule has 31 heavy (non-hydrogen) atoms. The SMILES string of the molecule is COC(/C=C1\C[C@H](c2ccc([N+](=O)[O-])cc2)O[C@@H]2C[C@H]3CC[C@]2(CS1=O)C3(C)C)OC. The molecular formula is C23H31NO6S. The Labute approximate surface area is 185 Å². The van der Waals surface area contributed by atoms with Crippen LogP contribution in [0.25, 0.3) is 0 Å². The number of non-ortho nitro benzene ring substituents is 1. The van der Waals surface area contributed by atoms with Crippen LogP contribution in [0.1, 0.15) is 51.2 Å². The van der Waals surface area contributed by atoms with E-state index in [4.69, 9.17) is 14.2 Å². The summed E-state index contributed by atoms with van der Waals surface area (Å²) < 4.78 is 31.1. The van der Waals surface area contributed by atoms with Crippen molar-refractivity contribution in [3.05, 3.63) is 50.9 Å². The van der Waals surface area contributed by atoms with Gasteiger partial charge in [-0.1, -0.05) is 13.8 Å². The number of fused-ring (bicyclic) bond motifs is 1. The third-order valence-electron chi connectivity index (χ3n) is 8.02. The molecule has 1 aromatic carbocycles. The van der Waals surface area contributed by atoms with Gasteiger partial charge in [0.25, 0.3) is 5.69 Å². The summed E-state index contributed by atoms with van der Waals surface area (Å²) >= 11 is 0. The third kappa shape index (κ3) is 3.77. The Hall–Kier alpha value is -1.61. The maximum atomic E-state index is 13.7. The Morgan fingerprint density at radius 2 is 1.94 bits per heavy atom. The maximum Gasteiger partial charge on any atom is 0.269 e. The molecule has 1 spiro atoms. The molecular weight excluding hydrogens is 418 g/mol. The van der Waals surface area contributed by atoms with Crippen LogP contribution < -0.4 is 0 Å². The molecule has 3 fully saturated rings. The van der Waals surface area contributed by atoms with Crippen LogP contribution in [0.2, 0.25) is 0 Å². The number of nitro benzene ring substituents is 1. The highest BCUT2D eigenvalue weighted by molar-refractivity contribution is 7.89. The molecule has 5 atom stereocenters. The second-order valence-corrected chi connectivity index (χ2v) is 11.0. The number of hydrogen-bond donors (Lipinski definition) is 0. The minimum atomic E-state index is -1.19. The predicted octanol–water partition coefficient (Wildman–Crippen LogP) is 4.50. The summed E-state index contributed by atoms with van der Waals surface area (Å²) in [6.07, 6.45) is 4.48. The first kappa shape index (κ1) is 22.6. The third-order valence-corrected chi connectivity index (χ3v) is 9.68. The van der Waals surface area contributed by atoms with Crippen LogP contribution in [0.4, 0.5) is 5.69 Å². The molecule has 7 nitrogen and oxygen atoms in total. The van der Waals surface area contributed by atoms with Gasteiger partial charge in [-0.25, -0.2) is 0 Å². The van der Waals surface area contributed by atoms with E-state index in [1.54, 1.807) is 32.4 Å². The Bertz CT molecular complexity index is 894. The molecule has 1 unspecified atom stereocenters. The monoisotopic (exact) mass is 449 g/mol. The molecule has 3 aliphatic rings. The second kappa shape index (κ2) is 8.39. The van der Waals surface area contributed by atoms with Gasteiger partial charge in [0.15, 0.2) is 6.29 Å². The van der Waals surface area contributed by atoms with Gasteiger partial charge in [-0.15, -0.1) is 0 Å². The number of methoxy groups -OCH3 is 2. The average Bonchev–Trinajstić information content (AvgIpc) is 3.09. The van der Waals surface area contributed by atoms with Crippen molar-refractivity contribution < 1.29 is 23.3 Å². The predicted molar refractivity (Wildman–Crippen MR) is 118 cm³/mol. The van der Waals surface area contributed by atoms with E-state index < -0.39 is 22.0 Å². The van der Waals surface area contributed by atoms with Gasteiger partial charge in [0.1, 0.15) is 0 Å². The molecule has 0 aromatic heterocycles. The quantitative estimate of drug-likeness (QED) is 0.374. The highest BCUT2D eigenvalue weighted by Crippen LogP contribution is 2.68. The van der Waals surface area contributed by atoms with Crippen LogP contribution in [0.3, 0.4) is 0 Å². The summed E-state index contributed by atoms with van der Waals surface area (Å²) in [4.78, 5) is 11.4. The van der Waals surface area contributed by atoms with E-state index in [0.29, 0.717) is 18.1 Å². The first-order chi connectivity index (χ1) is 14.7. The van der Waals surface area contributed by atoms with Crippen LogP contribution in [-0.4, -0.2) is 41.5 Å². The fourth-order valence-electron chi connectivity index (χ4n) is 5.91. The van der Waals surface area contributed by atoms with Crippen molar-refractivity contribution in [2.24, 2.45) is 16.7 Å². The summed E-state index contributed by atoms with van der Waals surface area (Å²) in [7, 11) is 1.91. The maximum absolute atomic E-state index is 13.7. The normalized spacial score (nSPS) is 35.7. The fourth-order valence-corrected chi connectivity index (χ4v) is 7.87. The molecule has 2 bridgehead atoms. The molecule has 8 heteroatoms. The Morgan fingerprint density at radius 3 is 2.52 bits per heavy atom. The average molecular weight is 450 g/mol. The zero-order valence-electron chi connectivity index (χ0n) is 18.5. The first-order valence-corrected chi connectivity index (χ1v) is 12.1. The number of ether oxygens (including phenoxy) is 3. The van der Waals surface area contributed by atoms with Crippen molar-refractivity contribution in [2.75, 3.05) is 20.0 Å². The van der Waals surface area contributed by atoms with Crippen molar-refractivity contribution >= 4 is 16.5 Å². The summed E-state index contributed by atoms with van der Waals surface area (Å²) in [6, 6.07) is 6.51. The molecule has 0 radical (unpaired) electrons. The van der Waals surface area contributed by atoms with Crippen molar-refractivity contribution in [1.82, 2.24) is 0 Å². The van der Waals surface area contributed by atoms with E-state index in [0.717, 1.165) is 29.7 Å². The number of nitrogens with zero attached hydrogens (tertiary/aromatic N) is 1. The lowest BCUT2D eigenvalue weighted by molar-refractivity contribution is -0.384. The van der Waals surface area contributed by atoms with Gasteiger partial charge >= 0.3 is 0 Å². The lowest BCUT2D eigenvalue weighted by atomic mass is 9.69. The fraction of sp³-hybridized carbons (Fsp3) is 0.652. The van der Waals surface area contributed by atoms with Crippen molar-refractivity contribution in [1.29, 1.82) is 0 Å². The molecule has 4 rings (SSSR count). The molecule has 1 heterocycles. The summed E-state index contributed by atoms with van der Waals surface area (Å²) in [6.45, 7) is 4.59. The van der Waals surface area contributed by atoms with Crippen LogP contribution in [-0.2, 0) is 25.0 Å². The van der Waals surface area contributed by atoms with Gasteiger partial charge in [0.2, 0.25) is 0 Å². The summed E-state index contributed by atoms with van der Waals surface area (Å²) in [5.74, 6) is 1.14. The Balaban J connectivity index is 1.74. The van der Waals surface area contributed by atoms with E-state index in [1.807, 2.05) is 0 Å². The topological polar surface area (TPSA) is 87.9 Å². The molecule has 2 saturated carbocycles. The van der Waals surface area contributed by atoms with Gasteiger partial charge in [0.05, 0.1) is 17.1 Å². The molecule has 2 aliphatic carbocycles. The van der Waals surface area contributed by atoms with Crippen LogP contribution >= 0.6 is 0 Å². The number of rotatable bonds is 5. The summed E-state index contributed by atoms with van der Waals surface area (Å²) in [5.41, 5.74) is 0.817. The smallest absolute Gasteiger partial charge is 0.269 e. The van der Waals surface area contributed by atoms with Gasteiger partial charge in [-0.05, 0) is 54.4 Å². The Kier molecular flexibility index (Phi) is 6.11. The highest BCUT2D eigenvalue weighted by atomic mass is 32.2. The van der Waals surface area contributed by atoms with E-state index >= 15 is 0 Å². The number of hydrogen-bond acceptors (Lipinski definition) is 6. The molecule has 1 aliphatic heterocycles. The van der Waals surface area contributed by atoms with E-state index in [2.05, 4.69) is 13.8 Å². The molecule has 1 saturated heterocycles. The minimum Gasteiger partial charge on any atom is -0.369 e. The van der Waals surface area contributed by atoms with Gasteiger partial charge < -0.3 is 14.2 Å². The molecule has 0 N–H and O–H groups in total. The number of nitro groups is 1. The molecule has 170 valence electrons. The van der Waals surface area contributed by atoms with Crippen LogP contribution in [0, 0.1) is 26.9 Å². The second-order valence-electron chi connectivity index (χ2n) is 9.48. The van der Waals surface area contributed by atoms with E-state index in [1.165, 1.54) is 12.1 Å². The zero-order valence-corrected chi connectivity index (χ0v) is 19.4. The lowest BCUT2D eigenvalue weighted by Crippen LogP contribution is -2.46. The van der Waals surface area contributed by atoms with Crippen molar-refractivity contribution in [3.8, 4) is 0 Å². The summed E-state index contributed by atoms with van der Waals surface area (Å²) in [5, 5.41) is 11.1. The zero-order chi connectivity index (χ0) is 22.4. The highest BCUT2D eigenvalue weighted by Gasteiger charge is 2.65. The van der Waals surface area contributed by atoms with Crippen molar-refractivity contribution in [2.45, 2.75) is 58.0 Å². The van der Waals surface area contributed by atoms with E-state index in [9.17, 15) is 14.3 Å². The number of benzene rings is 1. The van der Waals surface area contributed by atoms with Gasteiger partial charge in [-0.2, -0.15) is 0 Å². The van der Waals surface area contributed by atoms with Crippen LogP contribution in [0.5, 0.6) is 0 Å². The van der Waals surface area contributed by atoms with Gasteiger partial charge in [-0.3, -0.25) is 14.3 Å². The molecule has 0 amide bonds. The van der Waals surface area contributed by atoms with E-state index in [-0.39, 0.29) is 28.7 Å². The first-order valence-electron chi connectivity index (χ1n) is 10.8. The van der Waals surface area contributed by atoms with Gasteiger partial charge in [0, 0.05) is 59.6 Å².